The van der Waals surface area contributed by atoms with Crippen molar-refractivity contribution in [2.24, 2.45) is 0 Å². The molecule has 0 saturated carbocycles. The van der Waals surface area contributed by atoms with Crippen LogP contribution in [0.15, 0.2) is 0 Å². The van der Waals surface area contributed by atoms with Crippen molar-refractivity contribution in [3.8, 4) is 0 Å². The van der Waals surface area contributed by atoms with Crippen LogP contribution in [0.2, 0.25) is 0 Å². The van der Waals surface area contributed by atoms with Crippen LogP contribution in [0, 0.1) is 0 Å². The fraction of sp³-hybridized carbons (Fsp3) is 0.923. The van der Waals surface area contributed by atoms with Gasteiger partial charge in [-0.05, 0) is 0 Å². The lowest BCUT2D eigenvalue weighted by molar-refractivity contribution is -0.285. The first-order valence-electron chi connectivity index (χ1n) is 6.47. The summed E-state index contributed by atoms with van der Waals surface area (Å²) in [5.41, 5.74) is 0. The Bertz CT molecular complexity index is 313. The van der Waals surface area contributed by atoms with Crippen LogP contribution < -0.4 is 0 Å². The van der Waals surface area contributed by atoms with Gasteiger partial charge in [-0.1, -0.05) is 0 Å². The van der Waals surface area contributed by atoms with E-state index in [1.54, 1.807) is 33.3 Å². The highest BCUT2D eigenvalue weighted by atomic mass is 16.7. The highest BCUT2D eigenvalue weighted by Crippen LogP contribution is 2.28. The molecule has 0 bridgehead atoms. The zero-order valence-corrected chi connectivity index (χ0v) is 13.0. The highest BCUT2D eigenvalue weighted by Gasteiger charge is 2.49. The number of rotatable bonds is 6. The van der Waals surface area contributed by atoms with Crippen molar-refractivity contribution in [1.29, 1.82) is 0 Å². The molecule has 1 heterocycles. The second-order valence-corrected chi connectivity index (χ2v) is 4.76. The molecule has 1 aliphatic rings. The van der Waals surface area contributed by atoms with Crippen LogP contribution in [0.25, 0.3) is 0 Å². The van der Waals surface area contributed by atoms with E-state index >= 15 is 0 Å². The maximum Gasteiger partial charge on any atom is 0.219 e. The Morgan fingerprint density at radius 2 is 1.70 bits per heavy atom. The third-order valence-electron chi connectivity index (χ3n) is 3.67. The molecular weight excluding hydrogens is 266 g/mol. The van der Waals surface area contributed by atoms with Crippen molar-refractivity contribution < 1.29 is 28.5 Å². The number of nitrogens with zero attached hydrogens (tertiary/aromatic N) is 1. The van der Waals surface area contributed by atoms with Crippen molar-refractivity contribution in [2.75, 3.05) is 42.1 Å². The van der Waals surface area contributed by atoms with Crippen LogP contribution >= 0.6 is 0 Å². The Kier molecular flexibility index (Phi) is 6.84. The van der Waals surface area contributed by atoms with E-state index in [2.05, 4.69) is 0 Å². The number of carbonyl (C=O) groups is 1. The van der Waals surface area contributed by atoms with Gasteiger partial charge in [-0.25, -0.2) is 0 Å². The molecule has 0 spiro atoms. The molecule has 0 aromatic rings. The first kappa shape index (κ1) is 17.3. The first-order chi connectivity index (χ1) is 9.51. The predicted molar refractivity (Wildman–Crippen MR) is 71.4 cm³/mol. The summed E-state index contributed by atoms with van der Waals surface area (Å²) in [6.07, 6.45) is -1.64. The van der Waals surface area contributed by atoms with Gasteiger partial charge in [-0.15, -0.1) is 0 Å². The summed E-state index contributed by atoms with van der Waals surface area (Å²) in [6.45, 7) is 1.84. The number of hydrogen-bond acceptors (Lipinski definition) is 6. The highest BCUT2D eigenvalue weighted by molar-refractivity contribution is 5.73. The molecule has 0 N–H and O–H groups in total. The van der Waals surface area contributed by atoms with E-state index in [0.29, 0.717) is 6.61 Å². The van der Waals surface area contributed by atoms with Gasteiger partial charge in [0.2, 0.25) is 5.91 Å². The maximum atomic E-state index is 11.7. The second kappa shape index (κ2) is 7.90. The number of carbonyl (C=O) groups excluding carboxylic acids is 1. The lowest BCUT2D eigenvalue weighted by Gasteiger charge is -2.47. The fourth-order valence-corrected chi connectivity index (χ4v) is 2.56. The Balaban J connectivity index is 3.04. The number of methoxy groups -OCH3 is 4. The van der Waals surface area contributed by atoms with Crippen molar-refractivity contribution in [2.45, 2.75) is 37.6 Å². The lowest BCUT2D eigenvalue weighted by Crippen LogP contribution is -2.65. The van der Waals surface area contributed by atoms with Gasteiger partial charge in [0.1, 0.15) is 24.4 Å². The van der Waals surface area contributed by atoms with Crippen LogP contribution in [0.1, 0.15) is 6.92 Å². The number of hydrogen-bond donors (Lipinski definition) is 0. The molecule has 118 valence electrons. The largest absolute Gasteiger partial charge is 0.382 e. The molecule has 20 heavy (non-hydrogen) atoms. The third-order valence-corrected chi connectivity index (χ3v) is 3.67. The molecule has 7 heteroatoms. The van der Waals surface area contributed by atoms with Crippen molar-refractivity contribution in [1.82, 2.24) is 4.90 Å². The zero-order valence-electron chi connectivity index (χ0n) is 13.0. The van der Waals surface area contributed by atoms with Gasteiger partial charge < -0.3 is 28.6 Å². The lowest BCUT2D eigenvalue weighted by atomic mass is 9.95. The van der Waals surface area contributed by atoms with Crippen LogP contribution in [0.5, 0.6) is 0 Å². The van der Waals surface area contributed by atoms with Crippen LogP contribution in [0.3, 0.4) is 0 Å². The van der Waals surface area contributed by atoms with Gasteiger partial charge in [-0.3, -0.25) is 4.79 Å². The van der Waals surface area contributed by atoms with Gasteiger partial charge in [0, 0.05) is 42.4 Å². The Morgan fingerprint density at radius 1 is 1.10 bits per heavy atom. The molecule has 0 aliphatic carbocycles. The van der Waals surface area contributed by atoms with E-state index in [-0.39, 0.29) is 30.3 Å². The van der Waals surface area contributed by atoms with E-state index in [4.69, 9.17) is 23.7 Å². The number of ether oxygens (including phenoxy) is 5. The summed E-state index contributed by atoms with van der Waals surface area (Å²) in [7, 11) is 7.99. The van der Waals surface area contributed by atoms with Crippen LogP contribution in [-0.2, 0) is 28.5 Å². The topological polar surface area (TPSA) is 66.5 Å². The predicted octanol–water partition coefficient (Wildman–Crippen LogP) is -0.119. The molecule has 0 unspecified atom stereocenters. The standard InChI is InChI=1S/C13H25NO6/c1-8(15)14(2)10-12(18-5)11(17-4)9(7-16-3)20-13(10)19-6/h9-13H,7H2,1-6H3/t9-,10-,11-,12-,13-/m1/s1. The summed E-state index contributed by atoms with van der Waals surface area (Å²) in [5.74, 6) is -0.0947. The summed E-state index contributed by atoms with van der Waals surface area (Å²) in [6, 6.07) is -0.388. The van der Waals surface area contributed by atoms with E-state index in [1.807, 2.05) is 0 Å². The normalized spacial score (nSPS) is 34.0. The van der Waals surface area contributed by atoms with Gasteiger partial charge in [-0.2, -0.15) is 0 Å². The summed E-state index contributed by atoms with van der Waals surface area (Å²) >= 11 is 0. The third kappa shape index (κ3) is 3.48. The minimum Gasteiger partial charge on any atom is -0.382 e. The number of amides is 1. The Labute approximate surface area is 120 Å². The van der Waals surface area contributed by atoms with Crippen LogP contribution in [-0.4, -0.2) is 83.5 Å². The molecule has 0 aromatic heterocycles. The van der Waals surface area contributed by atoms with Crippen molar-refractivity contribution in [3.63, 3.8) is 0 Å². The Morgan fingerprint density at radius 3 is 2.10 bits per heavy atom. The van der Waals surface area contributed by atoms with Gasteiger partial charge >= 0.3 is 0 Å². The molecule has 7 nitrogen and oxygen atoms in total. The average molecular weight is 291 g/mol. The molecule has 1 rings (SSSR count). The maximum absolute atomic E-state index is 11.7. The molecular formula is C13H25NO6. The molecule has 1 fully saturated rings. The molecule has 5 atom stereocenters. The van der Waals surface area contributed by atoms with Gasteiger partial charge in [0.25, 0.3) is 0 Å². The monoisotopic (exact) mass is 291 g/mol. The smallest absolute Gasteiger partial charge is 0.219 e. The molecule has 1 saturated heterocycles. The zero-order chi connectivity index (χ0) is 15.3. The van der Waals surface area contributed by atoms with E-state index in [9.17, 15) is 4.79 Å². The van der Waals surface area contributed by atoms with Gasteiger partial charge in [0.05, 0.1) is 6.61 Å². The molecule has 0 radical (unpaired) electrons. The van der Waals surface area contributed by atoms with Crippen LogP contribution in [0.4, 0.5) is 0 Å². The quantitative estimate of drug-likeness (QED) is 0.680. The average Bonchev–Trinajstić information content (AvgIpc) is 2.45. The summed E-state index contributed by atoms with van der Waals surface area (Å²) in [5, 5.41) is 0. The minimum atomic E-state index is -0.597. The van der Waals surface area contributed by atoms with E-state index in [0.717, 1.165) is 0 Å². The molecule has 1 amide bonds. The van der Waals surface area contributed by atoms with E-state index < -0.39 is 6.29 Å². The van der Waals surface area contributed by atoms with Crippen molar-refractivity contribution >= 4 is 5.91 Å². The van der Waals surface area contributed by atoms with E-state index in [1.165, 1.54) is 14.0 Å². The summed E-state index contributed by atoms with van der Waals surface area (Å²) in [4.78, 5) is 13.2. The first-order valence-corrected chi connectivity index (χ1v) is 6.47. The number of likely N-dealkylation sites (N-methyl/N-ethyl adjacent to an activating group) is 1. The van der Waals surface area contributed by atoms with Gasteiger partial charge in [0.15, 0.2) is 6.29 Å². The minimum absolute atomic E-state index is 0.0947. The fourth-order valence-electron chi connectivity index (χ4n) is 2.56. The molecule has 0 aromatic carbocycles. The molecule has 1 aliphatic heterocycles. The summed E-state index contributed by atoms with van der Waals surface area (Å²) < 4.78 is 27.4. The SMILES string of the molecule is COC[C@H]1O[C@@H](OC)[C@H](N(C)C(C)=O)[C@@H](OC)[C@@H]1OC. The second-order valence-electron chi connectivity index (χ2n) is 4.76. The van der Waals surface area contributed by atoms with Crippen molar-refractivity contribution in [3.05, 3.63) is 0 Å². The Hall–Kier alpha value is -0.730.